The summed E-state index contributed by atoms with van der Waals surface area (Å²) in [7, 11) is 0. The molecule has 0 atom stereocenters. The van der Waals surface area contributed by atoms with Crippen molar-refractivity contribution in [3.63, 3.8) is 0 Å². The fourth-order valence-electron chi connectivity index (χ4n) is 3.91. The Kier molecular flexibility index (Phi) is 4.67. The number of rotatable bonds is 3. The van der Waals surface area contributed by atoms with E-state index in [2.05, 4.69) is 29.6 Å². The zero-order valence-electron chi connectivity index (χ0n) is 14.1. The van der Waals surface area contributed by atoms with Crippen LogP contribution in [0.4, 0.5) is 0 Å². The van der Waals surface area contributed by atoms with E-state index in [9.17, 15) is 4.79 Å². The van der Waals surface area contributed by atoms with Crippen LogP contribution in [0.1, 0.15) is 39.2 Å². The molecule has 1 amide bonds. The van der Waals surface area contributed by atoms with Crippen molar-refractivity contribution in [3.8, 4) is 0 Å². The van der Waals surface area contributed by atoms with Gasteiger partial charge in [-0.25, -0.2) is 0 Å². The number of nitrogens with one attached hydrogen (secondary N) is 1. The Morgan fingerprint density at radius 3 is 2.62 bits per heavy atom. The van der Waals surface area contributed by atoms with Gasteiger partial charge in [0.25, 0.3) is 5.91 Å². The topological polar surface area (TPSA) is 24.8 Å². The number of aryl methyl sites for hydroxylation is 2. The minimum absolute atomic E-state index is 0.221. The number of benzene rings is 1. The number of carbonyl (C=O) groups excluding carboxylic acids is 1. The number of hydrogen-bond acceptors (Lipinski definition) is 2. The van der Waals surface area contributed by atoms with E-state index in [0.717, 1.165) is 44.7 Å². The lowest BCUT2D eigenvalue weighted by Crippen LogP contribution is -3.13. The van der Waals surface area contributed by atoms with Crippen LogP contribution in [0.15, 0.2) is 35.7 Å². The summed E-state index contributed by atoms with van der Waals surface area (Å²) in [5.74, 6) is 0.221. The Bertz CT molecular complexity index is 702. The Labute approximate surface area is 147 Å². The number of hydrogen-bond donors (Lipinski definition) is 1. The minimum Gasteiger partial charge on any atom is -0.328 e. The lowest BCUT2D eigenvalue weighted by atomic mass is 9.90. The second-order valence-electron chi connectivity index (χ2n) is 6.99. The molecule has 4 rings (SSSR count). The normalized spacial score (nSPS) is 18.4. The molecule has 1 fully saturated rings. The molecule has 2 aromatic rings. The van der Waals surface area contributed by atoms with Crippen LogP contribution in [-0.2, 0) is 19.4 Å². The van der Waals surface area contributed by atoms with Gasteiger partial charge in [0.05, 0.1) is 31.1 Å². The molecule has 1 aliphatic carbocycles. The molecule has 1 N–H and O–H groups in total. The summed E-state index contributed by atoms with van der Waals surface area (Å²) in [5, 5.41) is 2.14. The number of carbonyl (C=O) groups is 1. The Morgan fingerprint density at radius 1 is 1.08 bits per heavy atom. The number of amides is 1. The molecule has 1 aromatic carbocycles. The number of quaternary nitrogens is 1. The minimum atomic E-state index is 0.221. The lowest BCUT2D eigenvalue weighted by Gasteiger charge is -2.32. The van der Waals surface area contributed by atoms with E-state index < -0.39 is 0 Å². The smallest absolute Gasteiger partial charge is 0.254 e. The van der Waals surface area contributed by atoms with Gasteiger partial charge in [-0.3, -0.25) is 4.79 Å². The molecule has 0 radical (unpaired) electrons. The first kappa shape index (κ1) is 15.9. The van der Waals surface area contributed by atoms with Crippen LogP contribution in [-0.4, -0.2) is 37.0 Å². The van der Waals surface area contributed by atoms with Gasteiger partial charge in [0, 0.05) is 5.56 Å². The molecule has 0 saturated carbocycles. The van der Waals surface area contributed by atoms with Crippen LogP contribution in [0.25, 0.3) is 0 Å². The van der Waals surface area contributed by atoms with Crippen LogP contribution >= 0.6 is 11.3 Å². The van der Waals surface area contributed by atoms with Gasteiger partial charge in [0.1, 0.15) is 6.54 Å². The average molecular weight is 342 g/mol. The quantitative estimate of drug-likeness (QED) is 0.909. The summed E-state index contributed by atoms with van der Waals surface area (Å²) in [6, 6.07) is 10.7. The predicted octanol–water partition coefficient (Wildman–Crippen LogP) is 2.17. The van der Waals surface area contributed by atoms with Crippen LogP contribution in [0.5, 0.6) is 0 Å². The molecule has 4 heteroatoms. The first-order valence-corrected chi connectivity index (χ1v) is 9.94. The zero-order valence-corrected chi connectivity index (χ0v) is 14.9. The van der Waals surface area contributed by atoms with E-state index in [1.54, 1.807) is 4.90 Å². The second-order valence-corrected chi connectivity index (χ2v) is 8.02. The summed E-state index contributed by atoms with van der Waals surface area (Å²) in [6.07, 6.45) is 4.86. The fraction of sp³-hybridized carbons (Fsp3) is 0.450. The molecule has 126 valence electrons. The molecular formula is C20H25N2OS+. The third-order valence-corrected chi connectivity index (χ3v) is 6.23. The number of nitrogens with zero attached hydrogens (tertiary/aromatic N) is 1. The molecule has 2 aliphatic rings. The van der Waals surface area contributed by atoms with Crippen LogP contribution in [0.2, 0.25) is 0 Å². The van der Waals surface area contributed by atoms with Crippen molar-refractivity contribution < 1.29 is 9.69 Å². The SMILES string of the molecule is O=C(c1ccc2c(c1)CCCC2)N1CC[NH+](Cc2cccs2)CC1. The molecule has 24 heavy (non-hydrogen) atoms. The first-order chi connectivity index (χ1) is 11.8. The first-order valence-electron chi connectivity index (χ1n) is 9.06. The van der Waals surface area contributed by atoms with Crippen molar-refractivity contribution in [2.75, 3.05) is 26.2 Å². The maximum Gasteiger partial charge on any atom is 0.254 e. The molecule has 0 bridgehead atoms. The van der Waals surface area contributed by atoms with Crippen LogP contribution in [0.3, 0.4) is 0 Å². The van der Waals surface area contributed by atoms with Gasteiger partial charge in [-0.05, 0) is 60.4 Å². The molecule has 1 aromatic heterocycles. The van der Waals surface area contributed by atoms with E-state index in [4.69, 9.17) is 0 Å². The van der Waals surface area contributed by atoms with E-state index >= 15 is 0 Å². The van der Waals surface area contributed by atoms with Gasteiger partial charge in [-0.15, -0.1) is 11.3 Å². The van der Waals surface area contributed by atoms with Crippen LogP contribution < -0.4 is 4.90 Å². The number of fused-ring (bicyclic) bond motifs is 1. The summed E-state index contributed by atoms with van der Waals surface area (Å²) in [4.78, 5) is 17.9. The highest BCUT2D eigenvalue weighted by Crippen LogP contribution is 2.22. The average Bonchev–Trinajstić information content (AvgIpc) is 3.14. The highest BCUT2D eigenvalue weighted by molar-refractivity contribution is 7.09. The molecule has 0 spiro atoms. The van der Waals surface area contributed by atoms with E-state index in [0.29, 0.717) is 0 Å². The second kappa shape index (κ2) is 7.08. The fourth-order valence-corrected chi connectivity index (χ4v) is 4.69. The maximum absolute atomic E-state index is 12.8. The van der Waals surface area contributed by atoms with Gasteiger partial charge in [-0.1, -0.05) is 12.1 Å². The van der Waals surface area contributed by atoms with Gasteiger partial charge < -0.3 is 9.80 Å². The standard InChI is InChI=1S/C20H24N2OS/c23-20(18-8-7-16-4-1-2-5-17(16)14-18)22-11-9-21(10-12-22)15-19-6-3-13-24-19/h3,6-8,13-14H,1-2,4-5,9-12,15H2/p+1. The Morgan fingerprint density at radius 2 is 1.88 bits per heavy atom. The van der Waals surface area contributed by atoms with Crippen LogP contribution in [0, 0.1) is 0 Å². The van der Waals surface area contributed by atoms with Crippen molar-refractivity contribution in [3.05, 3.63) is 57.3 Å². The zero-order chi connectivity index (χ0) is 16.4. The molecular weight excluding hydrogens is 316 g/mol. The molecule has 0 unspecified atom stereocenters. The van der Waals surface area contributed by atoms with E-state index in [1.165, 1.54) is 35.3 Å². The van der Waals surface area contributed by atoms with Crippen molar-refractivity contribution >= 4 is 17.2 Å². The Hall–Kier alpha value is -1.65. The highest BCUT2D eigenvalue weighted by atomic mass is 32.1. The molecule has 3 nitrogen and oxygen atoms in total. The largest absolute Gasteiger partial charge is 0.328 e. The summed E-state index contributed by atoms with van der Waals surface area (Å²) in [5.41, 5.74) is 3.73. The van der Waals surface area contributed by atoms with E-state index in [1.807, 2.05) is 22.3 Å². The van der Waals surface area contributed by atoms with E-state index in [-0.39, 0.29) is 5.91 Å². The molecule has 2 heterocycles. The third kappa shape index (κ3) is 3.40. The van der Waals surface area contributed by atoms with Crippen molar-refractivity contribution in [2.45, 2.75) is 32.2 Å². The summed E-state index contributed by atoms with van der Waals surface area (Å²) in [6.45, 7) is 4.94. The third-order valence-electron chi connectivity index (χ3n) is 5.36. The monoisotopic (exact) mass is 341 g/mol. The summed E-state index contributed by atoms with van der Waals surface area (Å²) >= 11 is 1.83. The lowest BCUT2D eigenvalue weighted by molar-refractivity contribution is -0.917. The van der Waals surface area contributed by atoms with Crippen molar-refractivity contribution in [1.29, 1.82) is 0 Å². The number of thiophene rings is 1. The Balaban J connectivity index is 1.37. The van der Waals surface area contributed by atoms with Crippen molar-refractivity contribution in [1.82, 2.24) is 4.90 Å². The molecule has 1 aliphatic heterocycles. The highest BCUT2D eigenvalue weighted by Gasteiger charge is 2.25. The maximum atomic E-state index is 12.8. The molecule has 1 saturated heterocycles. The van der Waals surface area contributed by atoms with Gasteiger partial charge >= 0.3 is 0 Å². The van der Waals surface area contributed by atoms with Crippen molar-refractivity contribution in [2.24, 2.45) is 0 Å². The predicted molar refractivity (Wildman–Crippen MR) is 97.7 cm³/mol. The number of piperazine rings is 1. The van der Waals surface area contributed by atoms with Gasteiger partial charge in [0.2, 0.25) is 0 Å². The summed E-state index contributed by atoms with van der Waals surface area (Å²) < 4.78 is 0. The van der Waals surface area contributed by atoms with Gasteiger partial charge in [-0.2, -0.15) is 0 Å². The van der Waals surface area contributed by atoms with Gasteiger partial charge in [0.15, 0.2) is 0 Å².